The second-order valence-corrected chi connectivity index (χ2v) is 17.3. The van der Waals surface area contributed by atoms with Gasteiger partial charge in [0.15, 0.2) is 0 Å². The van der Waals surface area contributed by atoms with Crippen molar-refractivity contribution in [2.45, 2.75) is 158 Å². The van der Waals surface area contributed by atoms with Gasteiger partial charge < -0.3 is 5.11 Å². The Morgan fingerprint density at radius 2 is 1.59 bits per heavy atom. The molecule has 12 unspecified atom stereocenters. The summed E-state index contributed by atoms with van der Waals surface area (Å²) in [6.45, 7) is 25.7. The number of rotatable bonds is 8. The molecule has 14 atom stereocenters. The van der Waals surface area contributed by atoms with Crippen LogP contribution in [0.3, 0.4) is 0 Å². The van der Waals surface area contributed by atoms with Crippen LogP contribution in [0.2, 0.25) is 0 Å². The number of fused-ring (bicyclic) bond motifs is 1. The molecule has 4 aliphatic carbocycles. The van der Waals surface area contributed by atoms with E-state index < -0.39 is 5.60 Å². The maximum absolute atomic E-state index is 10.9. The van der Waals surface area contributed by atoms with Gasteiger partial charge >= 0.3 is 0 Å². The minimum atomic E-state index is -0.406. The van der Waals surface area contributed by atoms with E-state index in [-0.39, 0.29) is 0 Å². The van der Waals surface area contributed by atoms with E-state index in [0.29, 0.717) is 5.41 Å². The lowest BCUT2D eigenvalue weighted by molar-refractivity contribution is -0.0465. The molecule has 0 heterocycles. The van der Waals surface area contributed by atoms with Crippen LogP contribution in [-0.2, 0) is 0 Å². The molecule has 4 fully saturated rings. The molecule has 4 saturated carbocycles. The van der Waals surface area contributed by atoms with Crippen molar-refractivity contribution in [2.75, 3.05) is 0 Å². The first-order valence-corrected chi connectivity index (χ1v) is 18.0. The fourth-order valence-corrected chi connectivity index (χ4v) is 12.0. The van der Waals surface area contributed by atoms with Crippen LogP contribution in [0.15, 0.2) is 0 Å². The summed E-state index contributed by atoms with van der Waals surface area (Å²) in [5.74, 6) is 11.1. The maximum Gasteiger partial charge on any atom is 0.0622 e. The van der Waals surface area contributed by atoms with Gasteiger partial charge in [0.25, 0.3) is 0 Å². The van der Waals surface area contributed by atoms with E-state index >= 15 is 0 Å². The minimum Gasteiger partial charge on any atom is -0.390 e. The summed E-state index contributed by atoms with van der Waals surface area (Å²) in [6, 6.07) is 0. The van der Waals surface area contributed by atoms with Crippen molar-refractivity contribution < 1.29 is 5.11 Å². The van der Waals surface area contributed by atoms with Gasteiger partial charge in [0.05, 0.1) is 5.60 Å². The largest absolute Gasteiger partial charge is 0.390 e. The summed E-state index contributed by atoms with van der Waals surface area (Å²) in [6.07, 6.45) is 17.6. The van der Waals surface area contributed by atoms with Crippen molar-refractivity contribution in [1.82, 2.24) is 0 Å². The van der Waals surface area contributed by atoms with Crippen molar-refractivity contribution in [1.29, 1.82) is 0 Å². The smallest absolute Gasteiger partial charge is 0.0622 e. The summed E-state index contributed by atoms with van der Waals surface area (Å²) in [7, 11) is 0. The number of hydrogen-bond acceptors (Lipinski definition) is 1. The first kappa shape index (κ1) is 31.9. The highest BCUT2D eigenvalue weighted by atomic mass is 16.3. The van der Waals surface area contributed by atoms with E-state index in [1.54, 1.807) is 0 Å². The van der Waals surface area contributed by atoms with Crippen molar-refractivity contribution in [3.8, 4) is 0 Å². The Morgan fingerprint density at radius 3 is 2.18 bits per heavy atom. The molecule has 0 aliphatic heterocycles. The molecular formula is C38H70O. The molecule has 1 heteroatoms. The van der Waals surface area contributed by atoms with E-state index in [0.717, 1.165) is 89.8 Å². The van der Waals surface area contributed by atoms with Gasteiger partial charge in [-0.15, -0.1) is 0 Å². The van der Waals surface area contributed by atoms with Crippen molar-refractivity contribution >= 4 is 0 Å². The topological polar surface area (TPSA) is 20.2 Å². The summed E-state index contributed by atoms with van der Waals surface area (Å²) in [5.41, 5.74) is 0.0726. The van der Waals surface area contributed by atoms with Crippen molar-refractivity contribution in [3.63, 3.8) is 0 Å². The van der Waals surface area contributed by atoms with Gasteiger partial charge in [-0.3, -0.25) is 0 Å². The fourth-order valence-electron chi connectivity index (χ4n) is 12.0. The van der Waals surface area contributed by atoms with Gasteiger partial charge in [-0.1, -0.05) is 81.6 Å². The monoisotopic (exact) mass is 543 g/mol. The molecule has 0 spiro atoms. The summed E-state index contributed by atoms with van der Waals surface area (Å²) >= 11 is 0. The molecule has 0 aromatic rings. The molecule has 0 aromatic heterocycles. The lowest BCUT2D eigenvalue weighted by atomic mass is 9.54. The predicted molar refractivity (Wildman–Crippen MR) is 170 cm³/mol. The third kappa shape index (κ3) is 6.49. The summed E-state index contributed by atoms with van der Waals surface area (Å²) in [5, 5.41) is 10.9. The number of aliphatic hydroxyl groups is 1. The Kier molecular flexibility index (Phi) is 10.4. The van der Waals surface area contributed by atoms with Gasteiger partial charge in [0, 0.05) is 0 Å². The second-order valence-electron chi connectivity index (χ2n) is 17.3. The molecule has 39 heavy (non-hydrogen) atoms. The molecule has 0 amide bonds. The average molecular weight is 543 g/mol. The Bertz CT molecular complexity index is 769. The Hall–Kier alpha value is -0.0400. The van der Waals surface area contributed by atoms with Crippen LogP contribution < -0.4 is 0 Å². The van der Waals surface area contributed by atoms with Crippen LogP contribution in [0.25, 0.3) is 0 Å². The maximum atomic E-state index is 10.9. The Balaban J connectivity index is 1.59. The highest BCUT2D eigenvalue weighted by Crippen LogP contribution is 2.62. The number of hydrogen-bond donors (Lipinski definition) is 1. The van der Waals surface area contributed by atoms with Gasteiger partial charge in [-0.2, -0.15) is 0 Å². The third-order valence-corrected chi connectivity index (χ3v) is 14.5. The van der Waals surface area contributed by atoms with E-state index in [9.17, 15) is 5.11 Å². The van der Waals surface area contributed by atoms with Gasteiger partial charge in [0.1, 0.15) is 0 Å². The highest BCUT2D eigenvalue weighted by molar-refractivity contribution is 5.04. The van der Waals surface area contributed by atoms with E-state index in [1.807, 2.05) is 0 Å². The van der Waals surface area contributed by atoms with E-state index in [4.69, 9.17) is 0 Å². The zero-order chi connectivity index (χ0) is 28.7. The van der Waals surface area contributed by atoms with Crippen LogP contribution in [0.4, 0.5) is 0 Å². The highest BCUT2D eigenvalue weighted by Gasteiger charge is 2.55. The average Bonchev–Trinajstić information content (AvgIpc) is 3.14. The first-order chi connectivity index (χ1) is 18.3. The standard InChI is InChI=1S/C38H70O/c1-11-13-26(5)36(24(2)3)34-21-25(4)20-32(28(7)29(8)38(10)27(6)15-18-35(34)38)22-30-16-17-33(30)31-14-12-19-37(9,39)23-31/h24-36,39H,11-23H2,1-10H3/t25?,26-,27?,28?,29?,30-,31?,32?,33?,34?,35?,36?,37?,38?/m0/s1. The molecule has 1 nitrogen and oxygen atoms in total. The molecule has 0 radical (unpaired) electrons. The third-order valence-electron chi connectivity index (χ3n) is 14.5. The second kappa shape index (κ2) is 12.7. The Labute approximate surface area is 245 Å². The van der Waals surface area contributed by atoms with Gasteiger partial charge in [0.2, 0.25) is 0 Å². The normalized spacial score (nSPS) is 48.9. The molecule has 4 aliphatic rings. The quantitative estimate of drug-likeness (QED) is 0.323. The molecule has 228 valence electrons. The van der Waals surface area contributed by atoms with Crippen LogP contribution in [0.1, 0.15) is 153 Å². The zero-order valence-corrected chi connectivity index (χ0v) is 28.1. The van der Waals surface area contributed by atoms with Gasteiger partial charge in [-0.05, 0) is 153 Å². The molecule has 0 saturated heterocycles. The van der Waals surface area contributed by atoms with Crippen LogP contribution in [-0.4, -0.2) is 10.7 Å². The van der Waals surface area contributed by atoms with Crippen LogP contribution >= 0.6 is 0 Å². The summed E-state index contributed by atoms with van der Waals surface area (Å²) in [4.78, 5) is 0. The zero-order valence-electron chi connectivity index (χ0n) is 28.1. The molecule has 1 N–H and O–H groups in total. The van der Waals surface area contributed by atoms with Crippen LogP contribution in [0.5, 0.6) is 0 Å². The SMILES string of the molecule is CCC[C@H](C)C(C(C)C)C1CC(C)CC(C[C@@H]2CCC2C2CCCC(C)(O)C2)C(C)C(C)C2(C)C(C)CCC12. The lowest BCUT2D eigenvalue weighted by Crippen LogP contribution is -2.45. The van der Waals surface area contributed by atoms with Crippen molar-refractivity contribution in [2.24, 2.45) is 82.3 Å². The van der Waals surface area contributed by atoms with E-state index in [2.05, 4.69) is 69.2 Å². The van der Waals surface area contributed by atoms with E-state index in [1.165, 1.54) is 70.6 Å². The molecule has 4 rings (SSSR count). The predicted octanol–water partition coefficient (Wildman–Crippen LogP) is 11.0. The van der Waals surface area contributed by atoms with Gasteiger partial charge in [-0.25, -0.2) is 0 Å². The van der Waals surface area contributed by atoms with Crippen molar-refractivity contribution in [3.05, 3.63) is 0 Å². The fraction of sp³-hybridized carbons (Fsp3) is 1.00. The Morgan fingerprint density at radius 1 is 0.872 bits per heavy atom. The van der Waals surface area contributed by atoms with Crippen LogP contribution in [0, 0.1) is 82.3 Å². The molecular weight excluding hydrogens is 472 g/mol. The summed E-state index contributed by atoms with van der Waals surface area (Å²) < 4.78 is 0. The lowest BCUT2D eigenvalue weighted by Gasteiger charge is -2.51. The molecule has 0 bridgehead atoms. The molecule has 0 aromatic carbocycles. The minimum absolute atomic E-state index is 0.406. The first-order valence-electron chi connectivity index (χ1n) is 18.0.